The minimum absolute atomic E-state index is 0.206. The van der Waals surface area contributed by atoms with E-state index in [0.29, 0.717) is 22.3 Å². The zero-order chi connectivity index (χ0) is 20.5. The molecule has 0 saturated heterocycles. The molecule has 1 atom stereocenters. The molecule has 2 aromatic rings. The maximum absolute atomic E-state index is 12.9. The number of nitrogens with zero attached hydrogens (tertiary/aromatic N) is 1. The molecular weight excluding hydrogens is 399 g/mol. The van der Waals surface area contributed by atoms with E-state index in [1.807, 2.05) is 25.1 Å². The van der Waals surface area contributed by atoms with Crippen LogP contribution in [0.2, 0.25) is 10.0 Å². The van der Waals surface area contributed by atoms with Gasteiger partial charge in [0, 0.05) is 23.1 Å². The number of rotatable bonds is 9. The van der Waals surface area contributed by atoms with Crippen LogP contribution in [0.15, 0.2) is 48.5 Å². The molecule has 0 heterocycles. The number of amides is 2. The quantitative estimate of drug-likeness (QED) is 0.654. The zero-order valence-electron chi connectivity index (χ0n) is 16.0. The molecule has 0 aliphatic heterocycles. The number of benzene rings is 2. The molecular formula is C21H24Cl2N2O3. The molecule has 0 fully saturated rings. The Balaban J connectivity index is 2.14. The van der Waals surface area contributed by atoms with Crippen LogP contribution in [0.4, 0.5) is 0 Å². The number of carbonyl (C=O) groups is 2. The van der Waals surface area contributed by atoms with Gasteiger partial charge in [0.1, 0.15) is 11.8 Å². The van der Waals surface area contributed by atoms with Crippen LogP contribution in [0, 0.1) is 0 Å². The normalized spacial score (nSPS) is 11.6. The van der Waals surface area contributed by atoms with E-state index in [1.165, 1.54) is 4.90 Å². The van der Waals surface area contributed by atoms with Crippen LogP contribution in [0.3, 0.4) is 0 Å². The fraction of sp³-hybridized carbons (Fsp3) is 0.333. The molecule has 2 aromatic carbocycles. The van der Waals surface area contributed by atoms with E-state index in [4.69, 9.17) is 27.9 Å². The van der Waals surface area contributed by atoms with Crippen molar-refractivity contribution in [3.63, 3.8) is 0 Å². The number of nitrogens with one attached hydrogen (secondary N) is 1. The monoisotopic (exact) mass is 422 g/mol. The third-order valence-corrected chi connectivity index (χ3v) is 4.78. The lowest BCUT2D eigenvalue weighted by Crippen LogP contribution is -2.49. The van der Waals surface area contributed by atoms with Crippen LogP contribution in [0.25, 0.3) is 0 Å². The van der Waals surface area contributed by atoms with Gasteiger partial charge >= 0.3 is 0 Å². The summed E-state index contributed by atoms with van der Waals surface area (Å²) in [5.74, 6) is -0.0503. The minimum atomic E-state index is -0.668. The lowest BCUT2D eigenvalue weighted by molar-refractivity contribution is -0.142. The van der Waals surface area contributed by atoms with Crippen LogP contribution in [-0.2, 0) is 16.1 Å². The van der Waals surface area contributed by atoms with Gasteiger partial charge in [-0.1, -0.05) is 54.4 Å². The predicted molar refractivity (Wildman–Crippen MR) is 112 cm³/mol. The second-order valence-electron chi connectivity index (χ2n) is 6.33. The van der Waals surface area contributed by atoms with Crippen molar-refractivity contribution >= 4 is 35.0 Å². The van der Waals surface area contributed by atoms with Gasteiger partial charge in [0.05, 0.1) is 0 Å². The first-order valence-corrected chi connectivity index (χ1v) is 9.87. The van der Waals surface area contributed by atoms with E-state index in [-0.39, 0.29) is 25.0 Å². The molecule has 5 nitrogen and oxygen atoms in total. The SMILES string of the molecule is CCCNC(=O)[C@@H](C)N(Cc1ccccc1Cl)C(=O)COc1cccc(Cl)c1. The molecule has 2 rings (SSSR count). The lowest BCUT2D eigenvalue weighted by atomic mass is 10.1. The maximum atomic E-state index is 12.9. The van der Waals surface area contributed by atoms with Crippen molar-refractivity contribution in [3.05, 3.63) is 64.1 Å². The molecule has 0 aromatic heterocycles. The van der Waals surface area contributed by atoms with Gasteiger partial charge in [-0.05, 0) is 43.2 Å². The summed E-state index contributed by atoms with van der Waals surface area (Å²) in [6.07, 6.45) is 0.814. The molecule has 7 heteroatoms. The van der Waals surface area contributed by atoms with Crippen molar-refractivity contribution < 1.29 is 14.3 Å². The molecule has 150 valence electrons. The molecule has 0 saturated carbocycles. The highest BCUT2D eigenvalue weighted by molar-refractivity contribution is 6.31. The highest BCUT2D eigenvalue weighted by atomic mass is 35.5. The Labute approximate surface area is 175 Å². The van der Waals surface area contributed by atoms with Crippen LogP contribution >= 0.6 is 23.2 Å². The Morgan fingerprint density at radius 3 is 2.57 bits per heavy atom. The Bertz CT molecular complexity index is 814. The van der Waals surface area contributed by atoms with Gasteiger partial charge in [-0.15, -0.1) is 0 Å². The zero-order valence-corrected chi connectivity index (χ0v) is 17.5. The molecule has 0 spiro atoms. The number of halogens is 2. The highest BCUT2D eigenvalue weighted by Crippen LogP contribution is 2.20. The summed E-state index contributed by atoms with van der Waals surface area (Å²) in [7, 11) is 0. The van der Waals surface area contributed by atoms with Crippen molar-refractivity contribution in [1.29, 1.82) is 0 Å². The van der Waals surface area contributed by atoms with Crippen LogP contribution < -0.4 is 10.1 Å². The molecule has 28 heavy (non-hydrogen) atoms. The van der Waals surface area contributed by atoms with Gasteiger partial charge in [-0.25, -0.2) is 0 Å². The third kappa shape index (κ3) is 6.43. The number of hydrogen-bond donors (Lipinski definition) is 1. The first kappa shape index (κ1) is 22.1. The van der Waals surface area contributed by atoms with Crippen molar-refractivity contribution in [1.82, 2.24) is 10.2 Å². The number of hydrogen-bond acceptors (Lipinski definition) is 3. The average Bonchev–Trinajstić information content (AvgIpc) is 2.69. The summed E-state index contributed by atoms with van der Waals surface area (Å²) in [5.41, 5.74) is 0.760. The Morgan fingerprint density at radius 1 is 1.14 bits per heavy atom. The van der Waals surface area contributed by atoms with Crippen molar-refractivity contribution in [3.8, 4) is 5.75 Å². The largest absolute Gasteiger partial charge is 0.484 e. The summed E-state index contributed by atoms with van der Waals surface area (Å²) in [6, 6.07) is 13.4. The van der Waals surface area contributed by atoms with Gasteiger partial charge in [0.25, 0.3) is 5.91 Å². The van der Waals surface area contributed by atoms with Crippen molar-refractivity contribution in [2.24, 2.45) is 0 Å². The molecule has 2 amide bonds. The van der Waals surface area contributed by atoms with Crippen LogP contribution in [0.1, 0.15) is 25.8 Å². The van der Waals surface area contributed by atoms with Crippen LogP contribution in [-0.4, -0.2) is 35.9 Å². The first-order chi connectivity index (χ1) is 13.4. The fourth-order valence-corrected chi connectivity index (χ4v) is 2.95. The summed E-state index contributed by atoms with van der Waals surface area (Å²) in [4.78, 5) is 26.8. The summed E-state index contributed by atoms with van der Waals surface area (Å²) < 4.78 is 5.57. The van der Waals surface area contributed by atoms with E-state index in [2.05, 4.69) is 5.32 Å². The number of ether oxygens (including phenoxy) is 1. The van der Waals surface area contributed by atoms with Crippen molar-refractivity contribution in [2.45, 2.75) is 32.9 Å². The topological polar surface area (TPSA) is 58.6 Å². The minimum Gasteiger partial charge on any atom is -0.484 e. The average molecular weight is 423 g/mol. The van der Waals surface area contributed by atoms with Gasteiger partial charge < -0.3 is 15.0 Å². The second kappa shape index (κ2) is 10.9. The summed E-state index contributed by atoms with van der Waals surface area (Å²) >= 11 is 12.2. The smallest absolute Gasteiger partial charge is 0.261 e. The second-order valence-corrected chi connectivity index (χ2v) is 7.17. The molecule has 0 bridgehead atoms. The van der Waals surface area contributed by atoms with Gasteiger partial charge in [0.15, 0.2) is 6.61 Å². The van der Waals surface area contributed by atoms with Gasteiger partial charge in [-0.3, -0.25) is 9.59 Å². The van der Waals surface area contributed by atoms with E-state index in [9.17, 15) is 9.59 Å². The van der Waals surface area contributed by atoms with Crippen molar-refractivity contribution in [2.75, 3.05) is 13.2 Å². The third-order valence-electron chi connectivity index (χ3n) is 4.17. The maximum Gasteiger partial charge on any atom is 0.261 e. The molecule has 0 unspecified atom stereocenters. The van der Waals surface area contributed by atoms with E-state index < -0.39 is 6.04 Å². The Kier molecular flexibility index (Phi) is 8.61. The van der Waals surface area contributed by atoms with Gasteiger partial charge in [0.2, 0.25) is 5.91 Å². The first-order valence-electron chi connectivity index (χ1n) is 9.11. The fourth-order valence-electron chi connectivity index (χ4n) is 2.57. The van der Waals surface area contributed by atoms with E-state index in [1.54, 1.807) is 37.3 Å². The molecule has 0 radical (unpaired) electrons. The van der Waals surface area contributed by atoms with E-state index >= 15 is 0 Å². The predicted octanol–water partition coefficient (Wildman–Crippen LogP) is 4.32. The summed E-state index contributed by atoms with van der Waals surface area (Å²) in [6.45, 7) is 4.21. The Hall–Kier alpha value is -2.24. The van der Waals surface area contributed by atoms with E-state index in [0.717, 1.165) is 12.0 Å². The highest BCUT2D eigenvalue weighted by Gasteiger charge is 2.26. The molecule has 1 N–H and O–H groups in total. The standard InChI is InChI=1S/C21H24Cl2N2O3/c1-3-11-24-21(27)15(2)25(13-16-7-4-5-10-19(16)23)20(26)14-28-18-9-6-8-17(22)12-18/h4-10,12,15H,3,11,13-14H2,1-2H3,(H,24,27)/t15-/m1/s1. The molecule has 0 aliphatic carbocycles. The van der Waals surface area contributed by atoms with Crippen LogP contribution in [0.5, 0.6) is 5.75 Å². The number of carbonyl (C=O) groups excluding carboxylic acids is 2. The van der Waals surface area contributed by atoms with Gasteiger partial charge in [-0.2, -0.15) is 0 Å². The summed E-state index contributed by atoms with van der Waals surface area (Å²) in [5, 5.41) is 3.88. The molecule has 0 aliphatic rings. The lowest BCUT2D eigenvalue weighted by Gasteiger charge is -2.29. The Morgan fingerprint density at radius 2 is 1.89 bits per heavy atom.